The molecule has 0 saturated carbocycles. The Labute approximate surface area is 136 Å². The van der Waals surface area contributed by atoms with Gasteiger partial charge in [0.15, 0.2) is 9.84 Å². The molecule has 0 heterocycles. The smallest absolute Gasteiger partial charge is 0.185 e. The molecule has 0 unspecified atom stereocenters. The highest BCUT2D eigenvalue weighted by Gasteiger charge is 2.22. The van der Waals surface area contributed by atoms with Gasteiger partial charge < -0.3 is 0 Å². The predicted molar refractivity (Wildman–Crippen MR) is 86.4 cm³/mol. The Bertz CT molecular complexity index is 692. The standard InChI is InChI=1S/C14H11BrCl2O2S/c15-8-10-4-6-11(7-5-10)9-20(18,19)14-12(16)2-1-3-13(14)17/h1-7H,8-9H2. The minimum absolute atomic E-state index is 0.00657. The van der Waals surface area contributed by atoms with Crippen molar-refractivity contribution in [2.75, 3.05) is 0 Å². The molecule has 0 saturated heterocycles. The molecule has 0 fully saturated rings. The van der Waals surface area contributed by atoms with Gasteiger partial charge in [0, 0.05) is 5.33 Å². The van der Waals surface area contributed by atoms with Gasteiger partial charge in [-0.05, 0) is 23.3 Å². The summed E-state index contributed by atoms with van der Waals surface area (Å²) in [5.41, 5.74) is 1.78. The van der Waals surface area contributed by atoms with Crippen molar-refractivity contribution in [3.8, 4) is 0 Å². The van der Waals surface area contributed by atoms with Gasteiger partial charge in [0.25, 0.3) is 0 Å². The van der Waals surface area contributed by atoms with Crippen LogP contribution in [0.4, 0.5) is 0 Å². The Kier molecular flexibility index (Phi) is 5.13. The molecule has 2 aromatic rings. The fourth-order valence-corrected chi connectivity index (χ4v) is 4.78. The topological polar surface area (TPSA) is 34.1 Å². The van der Waals surface area contributed by atoms with Crippen LogP contribution in [0.3, 0.4) is 0 Å². The molecule has 2 aromatic carbocycles. The van der Waals surface area contributed by atoms with Crippen LogP contribution in [-0.4, -0.2) is 8.42 Å². The highest BCUT2D eigenvalue weighted by Crippen LogP contribution is 2.31. The largest absolute Gasteiger partial charge is 0.223 e. The second kappa shape index (κ2) is 6.48. The number of halogens is 3. The van der Waals surface area contributed by atoms with Crippen molar-refractivity contribution in [3.05, 3.63) is 63.6 Å². The molecule has 0 bridgehead atoms. The number of hydrogen-bond acceptors (Lipinski definition) is 2. The van der Waals surface area contributed by atoms with Crippen molar-refractivity contribution >= 4 is 49.0 Å². The lowest BCUT2D eigenvalue weighted by molar-refractivity contribution is 0.595. The molecule has 20 heavy (non-hydrogen) atoms. The van der Waals surface area contributed by atoms with E-state index in [2.05, 4.69) is 15.9 Å². The van der Waals surface area contributed by atoms with E-state index < -0.39 is 9.84 Å². The number of rotatable bonds is 4. The van der Waals surface area contributed by atoms with E-state index in [0.29, 0.717) is 5.56 Å². The summed E-state index contributed by atoms with van der Waals surface area (Å²) >= 11 is 15.3. The Hall–Kier alpha value is -0.550. The summed E-state index contributed by atoms with van der Waals surface area (Å²) in [6.45, 7) is 0. The van der Waals surface area contributed by atoms with E-state index in [1.165, 1.54) is 12.1 Å². The van der Waals surface area contributed by atoms with E-state index in [0.717, 1.165) is 10.9 Å². The SMILES string of the molecule is O=S(=O)(Cc1ccc(CBr)cc1)c1c(Cl)cccc1Cl. The average Bonchev–Trinajstić information content (AvgIpc) is 2.38. The van der Waals surface area contributed by atoms with Crippen LogP contribution in [0.15, 0.2) is 47.4 Å². The Morgan fingerprint density at radius 3 is 1.90 bits per heavy atom. The third kappa shape index (κ3) is 3.55. The molecule has 2 nitrogen and oxygen atoms in total. The molecule has 0 aliphatic heterocycles. The molecule has 0 atom stereocenters. The lowest BCUT2D eigenvalue weighted by Gasteiger charge is -2.09. The third-order valence-corrected chi connectivity index (χ3v) is 6.04. The summed E-state index contributed by atoms with van der Waals surface area (Å²) in [6.07, 6.45) is 0. The molecule has 0 aliphatic rings. The van der Waals surface area contributed by atoms with E-state index in [-0.39, 0.29) is 20.7 Å². The van der Waals surface area contributed by atoms with Gasteiger partial charge in [0.2, 0.25) is 0 Å². The number of sulfone groups is 1. The summed E-state index contributed by atoms with van der Waals surface area (Å²) in [7, 11) is -3.57. The average molecular weight is 394 g/mol. The maximum Gasteiger partial charge on any atom is 0.185 e. The van der Waals surface area contributed by atoms with Gasteiger partial charge in [-0.15, -0.1) is 0 Å². The normalized spacial score (nSPS) is 11.6. The number of hydrogen-bond donors (Lipinski definition) is 0. The zero-order valence-corrected chi connectivity index (χ0v) is 14.2. The predicted octanol–water partition coefficient (Wildman–Crippen LogP) is 4.86. The summed E-state index contributed by atoms with van der Waals surface area (Å²) in [4.78, 5) is -0.00657. The fourth-order valence-electron chi connectivity index (χ4n) is 1.80. The molecule has 2 rings (SSSR count). The van der Waals surface area contributed by atoms with Gasteiger partial charge in [-0.3, -0.25) is 0 Å². The van der Waals surface area contributed by atoms with Crippen molar-refractivity contribution in [2.45, 2.75) is 16.0 Å². The van der Waals surface area contributed by atoms with Crippen molar-refractivity contribution in [3.63, 3.8) is 0 Å². The highest BCUT2D eigenvalue weighted by atomic mass is 79.9. The summed E-state index contributed by atoms with van der Waals surface area (Å²) in [5.74, 6) is -0.126. The first-order valence-electron chi connectivity index (χ1n) is 5.74. The molecule has 106 valence electrons. The Morgan fingerprint density at radius 2 is 1.40 bits per heavy atom. The first-order chi connectivity index (χ1) is 9.44. The lowest BCUT2D eigenvalue weighted by atomic mass is 10.2. The van der Waals surface area contributed by atoms with Crippen LogP contribution in [0.1, 0.15) is 11.1 Å². The quantitative estimate of drug-likeness (QED) is 0.695. The van der Waals surface area contributed by atoms with Crippen molar-refractivity contribution in [1.29, 1.82) is 0 Å². The van der Waals surface area contributed by atoms with E-state index in [4.69, 9.17) is 23.2 Å². The molecule has 0 aliphatic carbocycles. The molecule has 0 amide bonds. The molecule has 0 radical (unpaired) electrons. The summed E-state index contributed by atoms with van der Waals surface area (Å²) < 4.78 is 24.8. The van der Waals surface area contributed by atoms with Crippen LogP contribution in [-0.2, 0) is 20.9 Å². The zero-order valence-electron chi connectivity index (χ0n) is 10.3. The van der Waals surface area contributed by atoms with Gasteiger partial charge in [0.1, 0.15) is 4.90 Å². The minimum Gasteiger partial charge on any atom is -0.223 e. The number of benzene rings is 2. The molecule has 0 spiro atoms. The van der Waals surface area contributed by atoms with Crippen LogP contribution >= 0.6 is 39.1 Å². The fraction of sp³-hybridized carbons (Fsp3) is 0.143. The van der Waals surface area contributed by atoms with Crippen LogP contribution in [0, 0.1) is 0 Å². The molecule has 0 N–H and O–H groups in total. The van der Waals surface area contributed by atoms with Crippen LogP contribution in [0.5, 0.6) is 0 Å². The minimum atomic E-state index is -3.57. The summed E-state index contributed by atoms with van der Waals surface area (Å²) in [6, 6.07) is 12.0. The summed E-state index contributed by atoms with van der Waals surface area (Å²) in [5, 5.41) is 1.03. The van der Waals surface area contributed by atoms with Gasteiger partial charge in [-0.25, -0.2) is 8.42 Å². The van der Waals surface area contributed by atoms with Gasteiger partial charge in [0.05, 0.1) is 15.8 Å². The second-order valence-electron chi connectivity index (χ2n) is 4.26. The first kappa shape index (κ1) is 15.8. The van der Waals surface area contributed by atoms with E-state index in [1.54, 1.807) is 18.2 Å². The maximum atomic E-state index is 12.4. The maximum absolute atomic E-state index is 12.4. The van der Waals surface area contributed by atoms with E-state index >= 15 is 0 Å². The molecular weight excluding hydrogens is 383 g/mol. The lowest BCUT2D eigenvalue weighted by Crippen LogP contribution is -2.06. The van der Waals surface area contributed by atoms with Crippen molar-refractivity contribution < 1.29 is 8.42 Å². The second-order valence-corrected chi connectivity index (χ2v) is 7.56. The Balaban J connectivity index is 2.35. The molecular formula is C14H11BrCl2O2S. The Morgan fingerprint density at radius 1 is 0.900 bits per heavy atom. The first-order valence-corrected chi connectivity index (χ1v) is 9.27. The van der Waals surface area contributed by atoms with Crippen LogP contribution < -0.4 is 0 Å². The highest BCUT2D eigenvalue weighted by molar-refractivity contribution is 9.08. The van der Waals surface area contributed by atoms with E-state index in [1.807, 2.05) is 12.1 Å². The van der Waals surface area contributed by atoms with Crippen molar-refractivity contribution in [1.82, 2.24) is 0 Å². The van der Waals surface area contributed by atoms with E-state index in [9.17, 15) is 8.42 Å². The van der Waals surface area contributed by atoms with Crippen LogP contribution in [0.25, 0.3) is 0 Å². The zero-order chi connectivity index (χ0) is 14.8. The third-order valence-electron chi connectivity index (χ3n) is 2.76. The molecule has 6 heteroatoms. The molecule has 0 aromatic heterocycles. The number of alkyl halides is 1. The van der Waals surface area contributed by atoms with Gasteiger partial charge in [-0.2, -0.15) is 0 Å². The van der Waals surface area contributed by atoms with Crippen LogP contribution in [0.2, 0.25) is 10.0 Å². The van der Waals surface area contributed by atoms with Crippen molar-refractivity contribution in [2.24, 2.45) is 0 Å². The monoisotopic (exact) mass is 392 g/mol. The van der Waals surface area contributed by atoms with Gasteiger partial charge >= 0.3 is 0 Å². The van der Waals surface area contributed by atoms with Gasteiger partial charge in [-0.1, -0.05) is 69.5 Å².